The lowest BCUT2D eigenvalue weighted by Gasteiger charge is -2.28. The summed E-state index contributed by atoms with van der Waals surface area (Å²) in [5, 5.41) is 9.81. The second-order valence-electron chi connectivity index (χ2n) is 3.32. The van der Waals surface area contributed by atoms with Crippen molar-refractivity contribution < 1.29 is 19.0 Å². The molecule has 0 rings (SSSR count). The molecular weight excluding hydrogens is 187 g/mol. The first-order valence-electron chi connectivity index (χ1n) is 5.04. The number of hydrogen-bond donors (Lipinski definition) is 1. The summed E-state index contributed by atoms with van der Waals surface area (Å²) in [4.78, 5) is 11.1. The number of hydrogen-bond acceptors (Lipinski definition) is 3. The number of carbonyl (C=O) groups excluding carboxylic acids is 1. The van der Waals surface area contributed by atoms with Crippen LogP contribution in [-0.2, 0) is 9.53 Å². The Bertz CT molecular complexity index is 184. The Morgan fingerprint density at radius 2 is 2.07 bits per heavy atom. The molecule has 0 bridgehead atoms. The summed E-state index contributed by atoms with van der Waals surface area (Å²) in [6.45, 7) is 5.22. The van der Waals surface area contributed by atoms with Crippen LogP contribution >= 0.6 is 0 Å². The van der Waals surface area contributed by atoms with Crippen molar-refractivity contribution in [3.63, 3.8) is 0 Å². The monoisotopic (exact) mass is 206 g/mol. The van der Waals surface area contributed by atoms with Gasteiger partial charge in [-0.2, -0.15) is 0 Å². The van der Waals surface area contributed by atoms with Gasteiger partial charge in [0.15, 0.2) is 0 Å². The molecule has 4 heteroatoms. The van der Waals surface area contributed by atoms with Gasteiger partial charge in [0.2, 0.25) is 6.17 Å². The Hall–Kier alpha value is -0.640. The molecule has 14 heavy (non-hydrogen) atoms. The third-order valence-corrected chi connectivity index (χ3v) is 2.26. The smallest absolute Gasteiger partial charge is 0.343 e. The van der Waals surface area contributed by atoms with Crippen molar-refractivity contribution in [1.82, 2.24) is 0 Å². The average molecular weight is 206 g/mol. The van der Waals surface area contributed by atoms with Crippen molar-refractivity contribution in [3.8, 4) is 0 Å². The van der Waals surface area contributed by atoms with Crippen LogP contribution in [0.1, 0.15) is 40.0 Å². The van der Waals surface area contributed by atoms with Gasteiger partial charge in [0.1, 0.15) is 5.60 Å². The first-order chi connectivity index (χ1) is 6.51. The van der Waals surface area contributed by atoms with Gasteiger partial charge in [0.05, 0.1) is 6.61 Å². The van der Waals surface area contributed by atoms with E-state index in [9.17, 15) is 14.3 Å². The predicted molar refractivity (Wildman–Crippen MR) is 51.7 cm³/mol. The van der Waals surface area contributed by atoms with E-state index in [1.807, 2.05) is 6.92 Å². The van der Waals surface area contributed by atoms with E-state index in [2.05, 4.69) is 4.74 Å². The molecule has 0 spiro atoms. The van der Waals surface area contributed by atoms with Gasteiger partial charge in [0, 0.05) is 0 Å². The second kappa shape index (κ2) is 5.96. The molecule has 84 valence electrons. The van der Waals surface area contributed by atoms with Gasteiger partial charge in [-0.05, 0) is 19.8 Å². The van der Waals surface area contributed by atoms with Gasteiger partial charge in [0.25, 0.3) is 0 Å². The van der Waals surface area contributed by atoms with Crippen LogP contribution in [0.25, 0.3) is 0 Å². The Kier molecular flexibility index (Phi) is 5.69. The number of rotatable bonds is 6. The number of ether oxygens (including phenoxy) is 1. The topological polar surface area (TPSA) is 46.5 Å². The van der Waals surface area contributed by atoms with Crippen LogP contribution in [0.3, 0.4) is 0 Å². The second-order valence-corrected chi connectivity index (χ2v) is 3.32. The first-order valence-corrected chi connectivity index (χ1v) is 5.04. The molecule has 0 aliphatic heterocycles. The van der Waals surface area contributed by atoms with E-state index >= 15 is 0 Å². The molecule has 0 aromatic heterocycles. The third-order valence-electron chi connectivity index (χ3n) is 2.26. The lowest BCUT2D eigenvalue weighted by atomic mass is 9.90. The summed E-state index contributed by atoms with van der Waals surface area (Å²) >= 11 is 0. The third kappa shape index (κ3) is 3.25. The molecular formula is C10H19FO3. The molecule has 0 aromatic carbocycles. The Balaban J connectivity index is 4.42. The highest BCUT2D eigenvalue weighted by Crippen LogP contribution is 2.25. The van der Waals surface area contributed by atoms with E-state index in [1.54, 1.807) is 13.8 Å². The summed E-state index contributed by atoms with van der Waals surface area (Å²) in [5.74, 6) is -0.967. The quantitative estimate of drug-likeness (QED) is 0.674. The molecule has 0 heterocycles. The average Bonchev–Trinajstić information content (AvgIpc) is 2.17. The minimum absolute atomic E-state index is 0.130. The van der Waals surface area contributed by atoms with Crippen molar-refractivity contribution in [2.75, 3.05) is 6.61 Å². The van der Waals surface area contributed by atoms with Crippen molar-refractivity contribution in [2.45, 2.75) is 51.8 Å². The highest BCUT2D eigenvalue weighted by Gasteiger charge is 2.40. The molecule has 0 amide bonds. The normalized spacial score (nSPS) is 17.2. The maximum atomic E-state index is 13.5. The highest BCUT2D eigenvalue weighted by atomic mass is 19.1. The number of aliphatic hydroxyl groups is 1. The Morgan fingerprint density at radius 1 is 1.50 bits per heavy atom. The molecule has 2 atom stereocenters. The molecule has 0 saturated carbocycles. The first kappa shape index (κ1) is 13.4. The number of halogens is 1. The Morgan fingerprint density at radius 3 is 2.43 bits per heavy atom. The fourth-order valence-corrected chi connectivity index (χ4v) is 1.35. The zero-order chi connectivity index (χ0) is 11.2. The summed E-state index contributed by atoms with van der Waals surface area (Å²) < 4.78 is 18.0. The summed E-state index contributed by atoms with van der Waals surface area (Å²) in [6, 6.07) is 0. The largest absolute Gasteiger partial charge is 0.464 e. The molecule has 0 aromatic rings. The fourth-order valence-electron chi connectivity index (χ4n) is 1.35. The van der Waals surface area contributed by atoms with Gasteiger partial charge in [-0.1, -0.05) is 20.3 Å². The van der Waals surface area contributed by atoms with Crippen molar-refractivity contribution >= 4 is 5.97 Å². The van der Waals surface area contributed by atoms with Gasteiger partial charge in [-0.3, -0.25) is 0 Å². The lowest BCUT2D eigenvalue weighted by Crippen LogP contribution is -2.44. The molecule has 0 saturated heterocycles. The van der Waals surface area contributed by atoms with Crippen LogP contribution in [0.15, 0.2) is 0 Å². The summed E-state index contributed by atoms with van der Waals surface area (Å²) in [5.41, 5.74) is -1.57. The van der Waals surface area contributed by atoms with Crippen molar-refractivity contribution in [1.29, 1.82) is 0 Å². The minimum atomic E-state index is -1.94. The van der Waals surface area contributed by atoms with E-state index in [0.717, 1.165) is 0 Å². The molecule has 0 fully saturated rings. The summed E-state index contributed by atoms with van der Waals surface area (Å²) in [7, 11) is 0. The molecule has 0 radical (unpaired) electrons. The van der Waals surface area contributed by atoms with Gasteiger partial charge < -0.3 is 9.84 Å². The number of esters is 1. The standard InChI is InChI=1S/C10H19FO3/c1-4-7-10(13,5-2)8(11)9(12)14-6-3/h8,13H,4-7H2,1-3H3. The van der Waals surface area contributed by atoms with E-state index in [-0.39, 0.29) is 19.4 Å². The van der Waals surface area contributed by atoms with Crippen LogP contribution in [-0.4, -0.2) is 29.5 Å². The van der Waals surface area contributed by atoms with Crippen LogP contribution in [0.5, 0.6) is 0 Å². The van der Waals surface area contributed by atoms with Crippen LogP contribution in [0.4, 0.5) is 4.39 Å². The molecule has 0 aliphatic rings. The van der Waals surface area contributed by atoms with Gasteiger partial charge in [-0.15, -0.1) is 0 Å². The van der Waals surface area contributed by atoms with Crippen molar-refractivity contribution in [3.05, 3.63) is 0 Å². The number of carbonyl (C=O) groups is 1. The van der Waals surface area contributed by atoms with E-state index < -0.39 is 17.7 Å². The van der Waals surface area contributed by atoms with Crippen LogP contribution in [0.2, 0.25) is 0 Å². The fraction of sp³-hybridized carbons (Fsp3) is 0.900. The highest BCUT2D eigenvalue weighted by molar-refractivity contribution is 5.76. The molecule has 3 nitrogen and oxygen atoms in total. The predicted octanol–water partition coefficient (Wildman–Crippen LogP) is 1.83. The molecule has 1 N–H and O–H groups in total. The van der Waals surface area contributed by atoms with Gasteiger partial charge >= 0.3 is 5.97 Å². The maximum absolute atomic E-state index is 13.5. The van der Waals surface area contributed by atoms with E-state index in [4.69, 9.17) is 0 Å². The number of alkyl halides is 1. The Labute approximate surface area is 84.3 Å². The molecule has 2 unspecified atom stereocenters. The van der Waals surface area contributed by atoms with Crippen LogP contribution in [0, 0.1) is 0 Å². The zero-order valence-electron chi connectivity index (χ0n) is 9.05. The summed E-state index contributed by atoms with van der Waals surface area (Å²) in [6.07, 6.45) is -0.832. The molecule has 0 aliphatic carbocycles. The SMILES string of the molecule is CCCC(O)(CC)C(F)C(=O)OCC. The van der Waals surface area contributed by atoms with Gasteiger partial charge in [-0.25, -0.2) is 9.18 Å². The minimum Gasteiger partial charge on any atom is -0.464 e. The van der Waals surface area contributed by atoms with Crippen LogP contribution < -0.4 is 0 Å². The van der Waals surface area contributed by atoms with E-state index in [0.29, 0.717) is 6.42 Å². The van der Waals surface area contributed by atoms with E-state index in [1.165, 1.54) is 0 Å². The maximum Gasteiger partial charge on any atom is 0.343 e. The lowest BCUT2D eigenvalue weighted by molar-refractivity contribution is -0.161. The zero-order valence-corrected chi connectivity index (χ0v) is 9.05. The van der Waals surface area contributed by atoms with Crippen molar-refractivity contribution in [2.24, 2.45) is 0 Å².